The van der Waals surface area contributed by atoms with E-state index in [1.54, 1.807) is 31.0 Å². The SMILES string of the molecule is COc1ccccc1CCC(=O)NCc1nnc(SCC2CCCCC2)n1-c1ccc(F)cc1. The van der Waals surface area contributed by atoms with E-state index in [0.717, 1.165) is 27.9 Å². The van der Waals surface area contributed by atoms with Gasteiger partial charge in [-0.1, -0.05) is 49.2 Å². The van der Waals surface area contributed by atoms with Gasteiger partial charge in [0.05, 0.1) is 13.7 Å². The molecule has 2 aromatic carbocycles. The average Bonchev–Trinajstić information content (AvgIpc) is 3.29. The molecule has 1 saturated carbocycles. The first-order valence-corrected chi connectivity index (χ1v) is 12.8. The van der Waals surface area contributed by atoms with Gasteiger partial charge >= 0.3 is 0 Å². The molecule has 6 nitrogen and oxygen atoms in total. The third-order valence-corrected chi connectivity index (χ3v) is 7.38. The Labute approximate surface area is 204 Å². The first kappa shape index (κ1) is 24.3. The van der Waals surface area contributed by atoms with Crippen LogP contribution in [0.25, 0.3) is 5.69 Å². The van der Waals surface area contributed by atoms with Crippen molar-refractivity contribution in [3.8, 4) is 11.4 Å². The number of amides is 1. The van der Waals surface area contributed by atoms with Gasteiger partial charge in [0, 0.05) is 17.9 Å². The number of carbonyl (C=O) groups is 1. The number of methoxy groups -OCH3 is 1. The number of aryl methyl sites for hydroxylation is 1. The van der Waals surface area contributed by atoms with Crippen LogP contribution in [0.4, 0.5) is 4.39 Å². The number of nitrogens with one attached hydrogen (secondary N) is 1. The second-order valence-electron chi connectivity index (χ2n) is 8.61. The molecule has 0 atom stereocenters. The number of halogens is 1. The van der Waals surface area contributed by atoms with Gasteiger partial charge in [0.1, 0.15) is 11.6 Å². The van der Waals surface area contributed by atoms with Crippen molar-refractivity contribution in [1.82, 2.24) is 20.1 Å². The van der Waals surface area contributed by atoms with Crippen molar-refractivity contribution in [3.63, 3.8) is 0 Å². The van der Waals surface area contributed by atoms with Gasteiger partial charge in [0.15, 0.2) is 11.0 Å². The standard InChI is InChI=1S/C26H31FN4O2S/c1-33-23-10-6-5-9-20(23)11-16-25(32)28-17-24-29-30-26(34-18-19-7-3-2-4-8-19)31(24)22-14-12-21(27)13-15-22/h5-6,9-10,12-15,19H,2-4,7-8,11,16-18H2,1H3,(H,28,32). The number of hydrogen-bond acceptors (Lipinski definition) is 5. The largest absolute Gasteiger partial charge is 0.496 e. The number of aromatic nitrogens is 3. The topological polar surface area (TPSA) is 69.0 Å². The number of hydrogen-bond donors (Lipinski definition) is 1. The summed E-state index contributed by atoms with van der Waals surface area (Å²) in [5, 5.41) is 12.5. The van der Waals surface area contributed by atoms with Crippen LogP contribution in [-0.4, -0.2) is 33.5 Å². The highest BCUT2D eigenvalue weighted by Crippen LogP contribution is 2.30. The van der Waals surface area contributed by atoms with E-state index in [0.29, 0.717) is 24.6 Å². The van der Waals surface area contributed by atoms with Crippen molar-refractivity contribution in [2.75, 3.05) is 12.9 Å². The van der Waals surface area contributed by atoms with Crippen LogP contribution in [0.3, 0.4) is 0 Å². The minimum absolute atomic E-state index is 0.0732. The molecule has 0 saturated heterocycles. The van der Waals surface area contributed by atoms with Gasteiger partial charge in [-0.25, -0.2) is 4.39 Å². The highest BCUT2D eigenvalue weighted by Gasteiger charge is 2.19. The lowest BCUT2D eigenvalue weighted by Crippen LogP contribution is -2.25. The van der Waals surface area contributed by atoms with E-state index in [1.807, 2.05) is 28.8 Å². The van der Waals surface area contributed by atoms with Gasteiger partial charge in [-0.05, 0) is 61.1 Å². The van der Waals surface area contributed by atoms with E-state index < -0.39 is 0 Å². The molecule has 0 spiro atoms. The van der Waals surface area contributed by atoms with Crippen molar-refractivity contribution < 1.29 is 13.9 Å². The number of rotatable bonds is 10. The second-order valence-corrected chi connectivity index (χ2v) is 9.60. The Bertz CT molecular complexity index is 1080. The molecule has 8 heteroatoms. The Kier molecular flexibility index (Phi) is 8.57. The Morgan fingerprint density at radius 2 is 1.88 bits per heavy atom. The maximum Gasteiger partial charge on any atom is 0.220 e. The lowest BCUT2D eigenvalue weighted by atomic mass is 9.91. The average molecular weight is 483 g/mol. The maximum absolute atomic E-state index is 13.5. The molecular formula is C26H31FN4O2S. The van der Waals surface area contributed by atoms with Crippen molar-refractivity contribution in [2.24, 2.45) is 5.92 Å². The highest BCUT2D eigenvalue weighted by atomic mass is 32.2. The van der Waals surface area contributed by atoms with Gasteiger partial charge in [-0.2, -0.15) is 0 Å². The van der Waals surface area contributed by atoms with Gasteiger partial charge in [-0.15, -0.1) is 10.2 Å². The summed E-state index contributed by atoms with van der Waals surface area (Å²) in [5.41, 5.74) is 1.78. The van der Waals surface area contributed by atoms with Crippen LogP contribution in [0.1, 0.15) is 49.9 Å². The lowest BCUT2D eigenvalue weighted by Gasteiger charge is -2.20. The van der Waals surface area contributed by atoms with Gasteiger partial charge in [-0.3, -0.25) is 9.36 Å². The summed E-state index contributed by atoms with van der Waals surface area (Å²) >= 11 is 1.69. The number of para-hydroxylation sites is 1. The maximum atomic E-state index is 13.5. The molecule has 0 aliphatic heterocycles. The molecule has 0 bridgehead atoms. The zero-order valence-corrected chi connectivity index (χ0v) is 20.3. The number of carbonyl (C=O) groups excluding carboxylic acids is 1. The Morgan fingerprint density at radius 1 is 1.12 bits per heavy atom. The molecule has 1 fully saturated rings. The smallest absolute Gasteiger partial charge is 0.220 e. The van der Waals surface area contributed by atoms with E-state index in [1.165, 1.54) is 44.2 Å². The summed E-state index contributed by atoms with van der Waals surface area (Å²) in [6, 6.07) is 14.0. The molecule has 1 amide bonds. The van der Waals surface area contributed by atoms with Crippen LogP contribution in [0.15, 0.2) is 53.7 Å². The Morgan fingerprint density at radius 3 is 2.65 bits per heavy atom. The van der Waals surface area contributed by atoms with Crippen molar-refractivity contribution in [2.45, 2.75) is 56.6 Å². The fraction of sp³-hybridized carbons (Fsp3) is 0.423. The molecule has 180 valence electrons. The third-order valence-electron chi connectivity index (χ3n) is 6.22. The summed E-state index contributed by atoms with van der Waals surface area (Å²) in [4.78, 5) is 12.6. The van der Waals surface area contributed by atoms with Crippen LogP contribution in [0.2, 0.25) is 0 Å². The normalized spacial score (nSPS) is 14.2. The number of ether oxygens (including phenoxy) is 1. The van der Waals surface area contributed by atoms with E-state index in [-0.39, 0.29) is 18.3 Å². The van der Waals surface area contributed by atoms with Gasteiger partial charge in [0.2, 0.25) is 5.91 Å². The fourth-order valence-corrected chi connectivity index (χ4v) is 5.48. The van der Waals surface area contributed by atoms with Crippen molar-refractivity contribution in [3.05, 3.63) is 65.7 Å². The van der Waals surface area contributed by atoms with Gasteiger partial charge < -0.3 is 10.1 Å². The molecule has 1 aromatic heterocycles. The Hall–Kier alpha value is -2.87. The highest BCUT2D eigenvalue weighted by molar-refractivity contribution is 7.99. The molecule has 1 heterocycles. The fourth-order valence-electron chi connectivity index (χ4n) is 4.33. The molecule has 1 aliphatic rings. The number of thioether (sulfide) groups is 1. The van der Waals surface area contributed by atoms with Crippen molar-refractivity contribution in [1.29, 1.82) is 0 Å². The Balaban J connectivity index is 1.42. The van der Waals surface area contributed by atoms with Gasteiger partial charge in [0.25, 0.3) is 0 Å². The molecular weight excluding hydrogens is 451 g/mol. The van der Waals surface area contributed by atoms with E-state index in [9.17, 15) is 9.18 Å². The number of nitrogens with zero attached hydrogens (tertiary/aromatic N) is 3. The third kappa shape index (κ3) is 6.38. The van der Waals surface area contributed by atoms with Crippen LogP contribution >= 0.6 is 11.8 Å². The summed E-state index contributed by atoms with van der Waals surface area (Å²) in [6.45, 7) is 0.249. The lowest BCUT2D eigenvalue weighted by molar-refractivity contribution is -0.121. The van der Waals surface area contributed by atoms with Crippen molar-refractivity contribution >= 4 is 17.7 Å². The monoisotopic (exact) mass is 482 g/mol. The minimum Gasteiger partial charge on any atom is -0.496 e. The molecule has 3 aromatic rings. The molecule has 0 unspecified atom stereocenters. The zero-order valence-electron chi connectivity index (χ0n) is 19.5. The van der Waals surface area contributed by atoms with Crippen LogP contribution < -0.4 is 10.1 Å². The van der Waals surface area contributed by atoms with E-state index in [2.05, 4.69) is 15.5 Å². The first-order valence-electron chi connectivity index (χ1n) is 11.9. The molecule has 4 rings (SSSR count). The second kappa shape index (κ2) is 12.0. The summed E-state index contributed by atoms with van der Waals surface area (Å²) in [5.74, 6) is 2.73. The quantitative estimate of drug-likeness (QED) is 0.395. The summed E-state index contributed by atoms with van der Waals surface area (Å²) in [7, 11) is 1.63. The molecule has 1 N–H and O–H groups in total. The first-order chi connectivity index (χ1) is 16.6. The predicted octanol–water partition coefficient (Wildman–Crippen LogP) is 5.34. The minimum atomic E-state index is -0.292. The van der Waals surface area contributed by atoms with E-state index in [4.69, 9.17) is 4.74 Å². The van der Waals surface area contributed by atoms with Crippen LogP contribution in [-0.2, 0) is 17.8 Å². The molecule has 34 heavy (non-hydrogen) atoms. The summed E-state index contributed by atoms with van der Waals surface area (Å²) in [6.07, 6.45) is 7.36. The van der Waals surface area contributed by atoms with E-state index >= 15 is 0 Å². The predicted molar refractivity (Wildman–Crippen MR) is 132 cm³/mol. The summed E-state index contributed by atoms with van der Waals surface area (Å²) < 4.78 is 20.8. The zero-order chi connectivity index (χ0) is 23.8. The molecule has 0 radical (unpaired) electrons. The van der Waals surface area contributed by atoms with Crippen LogP contribution in [0, 0.1) is 11.7 Å². The number of benzene rings is 2. The molecule has 1 aliphatic carbocycles. The van der Waals surface area contributed by atoms with Crippen LogP contribution in [0.5, 0.6) is 5.75 Å².